The van der Waals surface area contributed by atoms with Crippen molar-refractivity contribution in [2.45, 2.75) is 6.54 Å². The molecule has 132 valence electrons. The van der Waals surface area contributed by atoms with Crippen molar-refractivity contribution in [1.82, 2.24) is 14.3 Å². The fourth-order valence-electron chi connectivity index (χ4n) is 2.81. The second-order valence-electron chi connectivity index (χ2n) is 6.10. The quantitative estimate of drug-likeness (QED) is 0.563. The van der Waals surface area contributed by atoms with Gasteiger partial charge in [0.15, 0.2) is 0 Å². The average Bonchev–Trinajstić information content (AvgIpc) is 3.21. The molecule has 0 fully saturated rings. The van der Waals surface area contributed by atoms with Crippen molar-refractivity contribution in [3.05, 3.63) is 114 Å². The molecule has 2 aromatic carbocycles. The molecule has 5 nitrogen and oxygen atoms in total. The minimum absolute atomic E-state index is 0.315. The zero-order valence-electron chi connectivity index (χ0n) is 14.6. The van der Waals surface area contributed by atoms with E-state index in [2.05, 4.69) is 22.2 Å². The van der Waals surface area contributed by atoms with E-state index in [0.717, 1.165) is 11.3 Å². The molecule has 1 amide bonds. The van der Waals surface area contributed by atoms with Crippen molar-refractivity contribution in [1.29, 1.82) is 0 Å². The van der Waals surface area contributed by atoms with Crippen molar-refractivity contribution in [2.75, 3.05) is 0 Å². The number of para-hydroxylation sites is 1. The van der Waals surface area contributed by atoms with Crippen LogP contribution in [0, 0.1) is 0 Å². The normalized spacial score (nSPS) is 11.5. The minimum Gasteiger partial charge on any atom is -0.328 e. The van der Waals surface area contributed by atoms with Crippen molar-refractivity contribution in [3.8, 4) is 5.69 Å². The zero-order chi connectivity index (χ0) is 18.5. The van der Waals surface area contributed by atoms with Gasteiger partial charge in [-0.15, -0.1) is 0 Å². The third kappa shape index (κ3) is 3.93. The van der Waals surface area contributed by atoms with Crippen LogP contribution < -0.4 is 5.49 Å². The first kappa shape index (κ1) is 16.7. The van der Waals surface area contributed by atoms with Gasteiger partial charge in [-0.1, -0.05) is 54.6 Å². The lowest BCUT2D eigenvalue weighted by Crippen LogP contribution is -2.22. The van der Waals surface area contributed by atoms with Crippen molar-refractivity contribution in [2.24, 2.45) is 4.99 Å². The molecule has 0 saturated heterocycles. The van der Waals surface area contributed by atoms with Crippen LogP contribution in [0.4, 0.5) is 0 Å². The molecule has 0 radical (unpaired) electrons. The van der Waals surface area contributed by atoms with Gasteiger partial charge >= 0.3 is 0 Å². The number of pyridine rings is 1. The van der Waals surface area contributed by atoms with E-state index >= 15 is 0 Å². The van der Waals surface area contributed by atoms with E-state index in [-0.39, 0.29) is 5.91 Å². The molecule has 0 saturated carbocycles. The Morgan fingerprint density at radius 3 is 2.37 bits per heavy atom. The summed E-state index contributed by atoms with van der Waals surface area (Å²) in [6.07, 6.45) is 5.17. The predicted octanol–water partition coefficient (Wildman–Crippen LogP) is 3.46. The van der Waals surface area contributed by atoms with Crippen LogP contribution in [0.15, 0.2) is 102 Å². The smallest absolute Gasteiger partial charge is 0.282 e. The van der Waals surface area contributed by atoms with Gasteiger partial charge < -0.3 is 4.57 Å². The molecule has 2 heterocycles. The summed E-state index contributed by atoms with van der Waals surface area (Å²) in [5.41, 5.74) is 3.11. The lowest BCUT2D eigenvalue weighted by atomic mass is 10.2. The number of aromatic nitrogens is 3. The molecule has 0 bridgehead atoms. The first-order chi connectivity index (χ1) is 13.3. The van der Waals surface area contributed by atoms with Gasteiger partial charge in [-0.2, -0.15) is 10.1 Å². The molecule has 0 aliphatic carbocycles. The largest absolute Gasteiger partial charge is 0.328 e. The standard InChI is InChI=1S/C22H18N4O/c27-22(19-15-23-26(17-19)20-11-5-2-6-12-20)24-21-13-7-8-14-25(21)16-18-9-3-1-4-10-18/h1-15,17H,16H2. The topological polar surface area (TPSA) is 52.2 Å². The molecule has 2 aromatic heterocycles. The highest BCUT2D eigenvalue weighted by atomic mass is 16.1. The van der Waals surface area contributed by atoms with E-state index in [9.17, 15) is 4.79 Å². The van der Waals surface area contributed by atoms with Gasteiger partial charge in [0.25, 0.3) is 5.91 Å². The van der Waals surface area contributed by atoms with E-state index in [1.54, 1.807) is 17.1 Å². The number of carbonyl (C=O) groups excluding carboxylic acids is 1. The van der Waals surface area contributed by atoms with Gasteiger partial charge in [-0.25, -0.2) is 4.68 Å². The number of nitrogens with zero attached hydrogens (tertiary/aromatic N) is 4. The second kappa shape index (κ2) is 7.66. The van der Waals surface area contributed by atoms with Crippen molar-refractivity contribution >= 4 is 5.91 Å². The SMILES string of the molecule is O=C(N=c1ccccn1Cc1ccccc1)c1cnn(-c2ccccc2)c1. The van der Waals surface area contributed by atoms with Gasteiger partial charge in [-0.3, -0.25) is 4.79 Å². The number of benzene rings is 2. The fraction of sp³-hybridized carbons (Fsp3) is 0.0455. The number of hydrogen-bond donors (Lipinski definition) is 0. The molecule has 0 aliphatic rings. The van der Waals surface area contributed by atoms with Gasteiger partial charge in [0, 0.05) is 18.9 Å². The maximum Gasteiger partial charge on any atom is 0.282 e. The molecular formula is C22H18N4O. The number of carbonyl (C=O) groups is 1. The molecule has 4 rings (SSSR count). The molecule has 0 spiro atoms. The van der Waals surface area contributed by atoms with Crippen LogP contribution in [-0.4, -0.2) is 20.3 Å². The summed E-state index contributed by atoms with van der Waals surface area (Å²) in [7, 11) is 0. The highest BCUT2D eigenvalue weighted by Gasteiger charge is 2.08. The Morgan fingerprint density at radius 1 is 0.889 bits per heavy atom. The summed E-state index contributed by atoms with van der Waals surface area (Å²) in [5.74, 6) is -0.315. The Labute approximate surface area is 156 Å². The lowest BCUT2D eigenvalue weighted by Gasteiger charge is -2.07. The molecule has 0 N–H and O–H groups in total. The molecule has 0 aliphatic heterocycles. The van der Waals surface area contributed by atoms with Gasteiger partial charge in [-0.05, 0) is 29.8 Å². The van der Waals surface area contributed by atoms with E-state index < -0.39 is 0 Å². The van der Waals surface area contributed by atoms with Crippen molar-refractivity contribution in [3.63, 3.8) is 0 Å². The Morgan fingerprint density at radius 2 is 1.59 bits per heavy atom. The Hall–Kier alpha value is -3.73. The number of hydrogen-bond acceptors (Lipinski definition) is 2. The van der Waals surface area contributed by atoms with E-state index in [1.165, 1.54) is 0 Å². The second-order valence-corrected chi connectivity index (χ2v) is 6.10. The van der Waals surface area contributed by atoms with E-state index in [0.29, 0.717) is 17.6 Å². The average molecular weight is 354 g/mol. The summed E-state index contributed by atoms with van der Waals surface area (Å²) in [6, 6.07) is 25.4. The van der Waals surface area contributed by atoms with Crippen molar-refractivity contribution < 1.29 is 4.79 Å². The summed E-state index contributed by atoms with van der Waals surface area (Å²) < 4.78 is 3.63. The summed E-state index contributed by atoms with van der Waals surface area (Å²) in [4.78, 5) is 16.9. The molecule has 0 atom stereocenters. The highest BCUT2D eigenvalue weighted by molar-refractivity contribution is 5.94. The van der Waals surface area contributed by atoms with Crippen LogP contribution in [0.2, 0.25) is 0 Å². The maximum atomic E-state index is 12.6. The van der Waals surface area contributed by atoms with Crippen LogP contribution in [-0.2, 0) is 6.54 Å². The fourth-order valence-corrected chi connectivity index (χ4v) is 2.81. The summed E-state index contributed by atoms with van der Waals surface area (Å²) >= 11 is 0. The van der Waals surface area contributed by atoms with Gasteiger partial charge in [0.05, 0.1) is 17.4 Å². The maximum absolute atomic E-state index is 12.6. The first-order valence-corrected chi connectivity index (χ1v) is 8.68. The third-order valence-corrected chi connectivity index (χ3v) is 4.18. The number of amides is 1. The Balaban J connectivity index is 1.63. The van der Waals surface area contributed by atoms with Gasteiger partial charge in [0.1, 0.15) is 5.49 Å². The number of rotatable bonds is 4. The van der Waals surface area contributed by atoms with Crippen LogP contribution >= 0.6 is 0 Å². The molecule has 5 heteroatoms. The monoisotopic (exact) mass is 354 g/mol. The van der Waals surface area contributed by atoms with E-state index in [4.69, 9.17) is 0 Å². The summed E-state index contributed by atoms with van der Waals surface area (Å²) in [6.45, 7) is 0.650. The van der Waals surface area contributed by atoms with E-state index in [1.807, 2.05) is 77.5 Å². The predicted molar refractivity (Wildman–Crippen MR) is 103 cm³/mol. The van der Waals surface area contributed by atoms with Gasteiger partial charge in [0.2, 0.25) is 0 Å². The lowest BCUT2D eigenvalue weighted by molar-refractivity contribution is 0.0997. The zero-order valence-corrected chi connectivity index (χ0v) is 14.6. The minimum atomic E-state index is -0.315. The molecule has 27 heavy (non-hydrogen) atoms. The highest BCUT2D eigenvalue weighted by Crippen LogP contribution is 2.08. The van der Waals surface area contributed by atoms with Crippen LogP contribution in [0.1, 0.15) is 15.9 Å². The Kier molecular flexibility index (Phi) is 4.74. The summed E-state index contributed by atoms with van der Waals surface area (Å²) in [5, 5.41) is 4.27. The first-order valence-electron chi connectivity index (χ1n) is 8.68. The molecule has 4 aromatic rings. The third-order valence-electron chi connectivity index (χ3n) is 4.18. The van der Waals surface area contributed by atoms with Crippen LogP contribution in [0.5, 0.6) is 0 Å². The van der Waals surface area contributed by atoms with Crippen LogP contribution in [0.3, 0.4) is 0 Å². The molecular weight excluding hydrogens is 336 g/mol. The molecule has 0 unspecified atom stereocenters. The van der Waals surface area contributed by atoms with Crippen LogP contribution in [0.25, 0.3) is 5.69 Å². The Bertz CT molecular complexity index is 1110.